The van der Waals surface area contributed by atoms with Crippen molar-refractivity contribution < 1.29 is 18.8 Å². The zero-order valence-corrected chi connectivity index (χ0v) is 13.7. The summed E-state index contributed by atoms with van der Waals surface area (Å²) in [4.78, 5) is 14.4. The Kier molecular flexibility index (Phi) is 3.88. The van der Waals surface area contributed by atoms with E-state index in [1.54, 1.807) is 0 Å². The van der Waals surface area contributed by atoms with Gasteiger partial charge in [-0.15, -0.1) is 0 Å². The van der Waals surface area contributed by atoms with Crippen molar-refractivity contribution >= 4 is 5.91 Å². The van der Waals surface area contributed by atoms with Gasteiger partial charge in [0.15, 0.2) is 17.3 Å². The topological polar surface area (TPSA) is 64.8 Å². The molecular weight excluding hydrogens is 308 g/mol. The van der Waals surface area contributed by atoms with Crippen LogP contribution in [0.3, 0.4) is 0 Å². The zero-order valence-electron chi connectivity index (χ0n) is 13.7. The number of benzene rings is 1. The third-order valence-corrected chi connectivity index (χ3v) is 4.67. The first-order valence-electron chi connectivity index (χ1n) is 8.36. The lowest BCUT2D eigenvalue weighted by Crippen LogP contribution is -2.42. The van der Waals surface area contributed by atoms with Crippen molar-refractivity contribution in [1.29, 1.82) is 0 Å². The third kappa shape index (κ3) is 2.84. The molecule has 6 nitrogen and oxygen atoms in total. The van der Waals surface area contributed by atoms with Gasteiger partial charge in [0.25, 0.3) is 0 Å². The molecular formula is C18H20N2O4. The normalized spacial score (nSPS) is 19.5. The van der Waals surface area contributed by atoms with Crippen LogP contribution in [-0.4, -0.2) is 35.3 Å². The molecule has 2 aliphatic rings. The van der Waals surface area contributed by atoms with Gasteiger partial charge in [0.1, 0.15) is 0 Å². The molecule has 3 heterocycles. The van der Waals surface area contributed by atoms with Crippen molar-refractivity contribution in [2.75, 3.05) is 13.3 Å². The highest BCUT2D eigenvalue weighted by molar-refractivity contribution is 5.79. The van der Waals surface area contributed by atoms with Gasteiger partial charge in [-0.3, -0.25) is 4.79 Å². The Hall–Kier alpha value is -2.50. The van der Waals surface area contributed by atoms with Crippen LogP contribution in [0, 0.1) is 0 Å². The second kappa shape index (κ2) is 6.19. The molecule has 126 valence electrons. The van der Waals surface area contributed by atoms with Crippen LogP contribution in [0.25, 0.3) is 11.3 Å². The maximum Gasteiger partial charge on any atom is 0.231 e. The van der Waals surface area contributed by atoms with Crippen molar-refractivity contribution in [2.45, 2.75) is 38.6 Å². The molecule has 1 aromatic carbocycles. The molecule has 1 aromatic heterocycles. The standard InChI is InChI=1S/C18H20N2O4/c1-12-4-2-3-7-20(12)18(21)10-14-9-16(24-19-14)13-5-6-15-17(8-13)23-11-22-15/h5-6,8-9,12H,2-4,7,10-11H2,1H3. The quantitative estimate of drug-likeness (QED) is 0.866. The smallest absolute Gasteiger partial charge is 0.231 e. The van der Waals surface area contributed by atoms with Gasteiger partial charge in [0.2, 0.25) is 12.7 Å². The lowest BCUT2D eigenvalue weighted by molar-refractivity contribution is -0.133. The first kappa shape index (κ1) is 15.1. The fraction of sp³-hybridized carbons (Fsp3) is 0.444. The molecule has 1 atom stereocenters. The minimum absolute atomic E-state index is 0.118. The first-order valence-corrected chi connectivity index (χ1v) is 8.36. The molecule has 1 amide bonds. The van der Waals surface area contributed by atoms with Crippen molar-refractivity contribution in [3.8, 4) is 22.8 Å². The maximum atomic E-state index is 12.5. The van der Waals surface area contributed by atoms with E-state index in [-0.39, 0.29) is 19.1 Å². The molecule has 6 heteroatoms. The number of likely N-dealkylation sites (tertiary alicyclic amines) is 1. The molecule has 0 aliphatic carbocycles. The lowest BCUT2D eigenvalue weighted by Gasteiger charge is -2.33. The van der Waals surface area contributed by atoms with Gasteiger partial charge in [-0.25, -0.2) is 0 Å². The number of carbonyl (C=O) groups excluding carboxylic acids is 1. The van der Waals surface area contributed by atoms with Crippen molar-refractivity contribution in [3.05, 3.63) is 30.0 Å². The van der Waals surface area contributed by atoms with Gasteiger partial charge in [0, 0.05) is 24.2 Å². The second-order valence-electron chi connectivity index (χ2n) is 6.36. The summed E-state index contributed by atoms with van der Waals surface area (Å²) in [6.07, 6.45) is 3.63. The number of fused-ring (bicyclic) bond motifs is 1. The minimum atomic E-state index is 0.118. The van der Waals surface area contributed by atoms with Crippen LogP contribution in [0.1, 0.15) is 31.9 Å². The van der Waals surface area contributed by atoms with E-state index >= 15 is 0 Å². The van der Waals surface area contributed by atoms with E-state index in [4.69, 9.17) is 14.0 Å². The number of hydrogen-bond acceptors (Lipinski definition) is 5. The van der Waals surface area contributed by atoms with Crippen LogP contribution in [0.15, 0.2) is 28.8 Å². The molecule has 0 saturated carbocycles. The number of carbonyl (C=O) groups is 1. The van der Waals surface area contributed by atoms with Gasteiger partial charge in [0.05, 0.1) is 12.1 Å². The molecule has 1 saturated heterocycles. The van der Waals surface area contributed by atoms with E-state index in [2.05, 4.69) is 12.1 Å². The number of hydrogen-bond donors (Lipinski definition) is 0. The molecule has 1 fully saturated rings. The van der Waals surface area contributed by atoms with Gasteiger partial charge < -0.3 is 18.9 Å². The van der Waals surface area contributed by atoms with Gasteiger partial charge >= 0.3 is 0 Å². The maximum absolute atomic E-state index is 12.5. The van der Waals surface area contributed by atoms with E-state index in [0.717, 1.165) is 30.7 Å². The molecule has 2 aromatic rings. The summed E-state index contributed by atoms with van der Waals surface area (Å²) in [6.45, 7) is 3.19. The fourth-order valence-electron chi connectivity index (χ4n) is 3.31. The molecule has 0 bridgehead atoms. The van der Waals surface area contributed by atoms with Crippen molar-refractivity contribution in [3.63, 3.8) is 0 Å². The predicted octanol–water partition coefficient (Wildman–Crippen LogP) is 3.01. The molecule has 24 heavy (non-hydrogen) atoms. The number of rotatable bonds is 3. The van der Waals surface area contributed by atoms with Gasteiger partial charge in [-0.1, -0.05) is 5.16 Å². The van der Waals surface area contributed by atoms with E-state index in [1.807, 2.05) is 29.2 Å². The Labute approximate surface area is 140 Å². The number of ether oxygens (including phenoxy) is 2. The van der Waals surface area contributed by atoms with Gasteiger partial charge in [-0.2, -0.15) is 0 Å². The van der Waals surface area contributed by atoms with Crippen LogP contribution in [0.2, 0.25) is 0 Å². The largest absolute Gasteiger partial charge is 0.454 e. The van der Waals surface area contributed by atoms with Crippen molar-refractivity contribution in [2.24, 2.45) is 0 Å². The van der Waals surface area contributed by atoms with Crippen molar-refractivity contribution in [1.82, 2.24) is 10.1 Å². The van der Waals surface area contributed by atoms with Crippen LogP contribution in [0.5, 0.6) is 11.5 Å². The average molecular weight is 328 g/mol. The number of piperidine rings is 1. The first-order chi connectivity index (χ1) is 11.7. The number of amides is 1. The van der Waals surface area contributed by atoms with E-state index in [9.17, 15) is 4.79 Å². The van der Waals surface area contributed by atoms with Gasteiger partial charge in [-0.05, 0) is 44.4 Å². The Morgan fingerprint density at radius 2 is 2.12 bits per heavy atom. The highest BCUT2D eigenvalue weighted by atomic mass is 16.7. The molecule has 0 spiro atoms. The molecule has 1 unspecified atom stereocenters. The Morgan fingerprint density at radius 3 is 3.00 bits per heavy atom. The van der Waals surface area contributed by atoms with E-state index < -0.39 is 0 Å². The number of nitrogens with zero attached hydrogens (tertiary/aromatic N) is 2. The summed E-state index contributed by atoms with van der Waals surface area (Å²) in [5.74, 6) is 2.17. The fourth-order valence-corrected chi connectivity index (χ4v) is 3.31. The second-order valence-corrected chi connectivity index (χ2v) is 6.36. The van der Waals surface area contributed by atoms with Crippen LogP contribution >= 0.6 is 0 Å². The summed E-state index contributed by atoms with van der Waals surface area (Å²) < 4.78 is 16.1. The van der Waals surface area contributed by atoms with Crippen LogP contribution in [-0.2, 0) is 11.2 Å². The summed E-state index contributed by atoms with van der Waals surface area (Å²) >= 11 is 0. The van der Waals surface area contributed by atoms with Crippen LogP contribution in [0.4, 0.5) is 0 Å². The zero-order chi connectivity index (χ0) is 16.5. The molecule has 0 radical (unpaired) electrons. The Morgan fingerprint density at radius 1 is 1.25 bits per heavy atom. The summed E-state index contributed by atoms with van der Waals surface area (Å²) in [5.41, 5.74) is 1.52. The molecule has 4 rings (SSSR count). The number of aromatic nitrogens is 1. The molecule has 2 aliphatic heterocycles. The molecule has 0 N–H and O–H groups in total. The third-order valence-electron chi connectivity index (χ3n) is 4.67. The van der Waals surface area contributed by atoms with E-state index in [0.29, 0.717) is 23.2 Å². The average Bonchev–Trinajstić information content (AvgIpc) is 3.23. The van der Waals surface area contributed by atoms with E-state index in [1.165, 1.54) is 6.42 Å². The lowest BCUT2D eigenvalue weighted by atomic mass is 10.0. The Bertz CT molecular complexity index is 755. The van der Waals surface area contributed by atoms with Crippen LogP contribution < -0.4 is 9.47 Å². The summed E-state index contributed by atoms with van der Waals surface area (Å²) in [7, 11) is 0. The Balaban J connectivity index is 1.47. The summed E-state index contributed by atoms with van der Waals surface area (Å²) in [6, 6.07) is 7.74. The SMILES string of the molecule is CC1CCCCN1C(=O)Cc1cc(-c2ccc3c(c2)OCO3)on1. The monoisotopic (exact) mass is 328 g/mol. The summed E-state index contributed by atoms with van der Waals surface area (Å²) in [5, 5.41) is 4.05. The minimum Gasteiger partial charge on any atom is -0.454 e. The highest BCUT2D eigenvalue weighted by Crippen LogP contribution is 2.36. The highest BCUT2D eigenvalue weighted by Gasteiger charge is 2.24. The predicted molar refractivity (Wildman–Crippen MR) is 86.8 cm³/mol.